The van der Waals surface area contributed by atoms with Gasteiger partial charge in [0, 0.05) is 5.56 Å². The number of rotatable bonds is 4. The molecule has 1 aromatic carbocycles. The highest BCUT2D eigenvalue weighted by Gasteiger charge is 2.14. The van der Waals surface area contributed by atoms with E-state index in [1.165, 1.54) is 33.1 Å². The first-order chi connectivity index (χ1) is 9.57. The number of carbonyl (C=O) groups is 1. The van der Waals surface area contributed by atoms with Crippen LogP contribution in [-0.2, 0) is 4.74 Å². The quantitative estimate of drug-likeness (QED) is 0.682. The van der Waals surface area contributed by atoms with Crippen LogP contribution in [0.3, 0.4) is 0 Å². The second-order valence-corrected chi connectivity index (χ2v) is 4.33. The highest BCUT2D eigenvalue weighted by Crippen LogP contribution is 2.28. The van der Waals surface area contributed by atoms with E-state index in [2.05, 4.69) is 9.73 Å². The first-order valence-electron chi connectivity index (χ1n) is 5.59. The molecule has 0 saturated heterocycles. The van der Waals surface area contributed by atoms with Crippen LogP contribution < -0.4 is 9.47 Å². The minimum atomic E-state index is -0.737. The molecular formula is C13H16N2O4S. The number of nitrogens with zero attached hydrogens (tertiary/aromatic N) is 1. The molecular weight excluding hydrogens is 280 g/mol. The van der Waals surface area contributed by atoms with Crippen molar-refractivity contribution in [2.45, 2.75) is 0 Å². The van der Waals surface area contributed by atoms with Crippen molar-refractivity contribution in [1.82, 2.24) is 0 Å². The van der Waals surface area contributed by atoms with Crippen LogP contribution in [0, 0.1) is 5.41 Å². The lowest BCUT2D eigenvalue weighted by Gasteiger charge is -2.10. The largest absolute Gasteiger partial charge is 0.493 e. The molecule has 0 atom stereocenters. The number of amides is 1. The molecule has 0 bridgehead atoms. The van der Waals surface area contributed by atoms with Crippen molar-refractivity contribution in [1.29, 1.82) is 5.41 Å². The Labute approximate surface area is 121 Å². The molecule has 0 aliphatic carbocycles. The molecule has 0 aliphatic heterocycles. The van der Waals surface area contributed by atoms with Crippen LogP contribution in [-0.4, -0.2) is 44.4 Å². The fourth-order valence-electron chi connectivity index (χ4n) is 1.45. The van der Waals surface area contributed by atoms with Crippen molar-refractivity contribution in [3.05, 3.63) is 23.8 Å². The Bertz CT molecular complexity index is 543. The van der Waals surface area contributed by atoms with Gasteiger partial charge in [-0.25, -0.2) is 4.79 Å². The van der Waals surface area contributed by atoms with Gasteiger partial charge in [-0.15, -0.1) is 11.8 Å². The number of methoxy groups -OCH3 is 3. The normalized spacial score (nSPS) is 10.9. The maximum atomic E-state index is 11.2. The van der Waals surface area contributed by atoms with Crippen molar-refractivity contribution in [2.75, 3.05) is 27.6 Å². The lowest BCUT2D eigenvalue weighted by Crippen LogP contribution is -2.13. The van der Waals surface area contributed by atoms with Crippen molar-refractivity contribution < 1.29 is 19.0 Å². The van der Waals surface area contributed by atoms with Gasteiger partial charge in [-0.2, -0.15) is 4.99 Å². The molecule has 108 valence electrons. The Kier molecular flexibility index (Phi) is 6.05. The molecule has 0 fully saturated rings. The van der Waals surface area contributed by atoms with Crippen LogP contribution in [0.15, 0.2) is 23.2 Å². The maximum absolute atomic E-state index is 11.2. The Morgan fingerprint density at radius 1 is 1.20 bits per heavy atom. The standard InChI is InChI=1S/C13H16N2O4S/c1-17-9-6-5-8(7-10(9)18-2)11(14)12(20-4)15-13(16)19-3/h5-7,14H,1-4H3. The molecule has 1 aromatic rings. The zero-order valence-electron chi connectivity index (χ0n) is 11.7. The number of aliphatic imine (C=N–C) groups is 1. The highest BCUT2D eigenvalue weighted by molar-refractivity contribution is 8.15. The zero-order chi connectivity index (χ0) is 15.1. The maximum Gasteiger partial charge on any atom is 0.434 e. The number of carbonyl (C=O) groups excluding carboxylic acids is 1. The number of ether oxygens (including phenoxy) is 3. The van der Waals surface area contributed by atoms with Gasteiger partial charge >= 0.3 is 6.09 Å². The number of thioether (sulfide) groups is 1. The van der Waals surface area contributed by atoms with E-state index in [1.807, 2.05) is 0 Å². The molecule has 0 spiro atoms. The number of hydrogen-bond donors (Lipinski definition) is 1. The van der Waals surface area contributed by atoms with Crippen LogP contribution in [0.1, 0.15) is 5.56 Å². The van der Waals surface area contributed by atoms with Gasteiger partial charge < -0.3 is 14.2 Å². The minimum absolute atomic E-state index is 0.115. The molecule has 0 aromatic heterocycles. The third kappa shape index (κ3) is 3.74. The minimum Gasteiger partial charge on any atom is -0.493 e. The molecule has 0 aliphatic rings. The Hall–Kier alpha value is -2.02. The second-order valence-electron chi connectivity index (χ2n) is 3.54. The fourth-order valence-corrected chi connectivity index (χ4v) is 1.94. The van der Waals surface area contributed by atoms with E-state index in [-0.39, 0.29) is 10.8 Å². The Balaban J connectivity index is 3.13. The molecule has 0 radical (unpaired) electrons. The SMILES string of the molecule is COC(=O)N=C(SC)C(=N)c1ccc(OC)c(OC)c1. The summed E-state index contributed by atoms with van der Waals surface area (Å²) in [5.74, 6) is 1.08. The van der Waals surface area contributed by atoms with Gasteiger partial charge in [0.1, 0.15) is 5.04 Å². The summed E-state index contributed by atoms with van der Waals surface area (Å²) in [5.41, 5.74) is 0.684. The predicted octanol–water partition coefficient (Wildman–Crippen LogP) is 2.60. The fraction of sp³-hybridized carbons (Fsp3) is 0.308. The summed E-state index contributed by atoms with van der Waals surface area (Å²) in [6.45, 7) is 0. The lowest BCUT2D eigenvalue weighted by atomic mass is 10.1. The number of nitrogens with one attached hydrogen (secondary N) is 1. The van der Waals surface area contributed by atoms with Gasteiger partial charge in [0.05, 0.1) is 27.0 Å². The van der Waals surface area contributed by atoms with E-state index in [0.29, 0.717) is 17.1 Å². The smallest absolute Gasteiger partial charge is 0.434 e. The van der Waals surface area contributed by atoms with Crippen molar-refractivity contribution in [3.8, 4) is 11.5 Å². The van der Waals surface area contributed by atoms with Crippen LogP contribution in [0.2, 0.25) is 0 Å². The van der Waals surface area contributed by atoms with Gasteiger partial charge in [-0.1, -0.05) is 0 Å². The average molecular weight is 296 g/mol. The third-order valence-corrected chi connectivity index (χ3v) is 3.13. The van der Waals surface area contributed by atoms with Gasteiger partial charge in [0.15, 0.2) is 11.5 Å². The number of benzene rings is 1. The summed E-state index contributed by atoms with van der Waals surface area (Å²) in [4.78, 5) is 14.9. The molecule has 1 rings (SSSR count). The van der Waals surface area contributed by atoms with Crippen molar-refractivity contribution in [2.24, 2.45) is 4.99 Å². The van der Waals surface area contributed by atoms with E-state index >= 15 is 0 Å². The van der Waals surface area contributed by atoms with Crippen LogP contribution in [0.5, 0.6) is 11.5 Å². The second kappa shape index (κ2) is 7.54. The van der Waals surface area contributed by atoms with Crippen LogP contribution >= 0.6 is 11.8 Å². The first-order valence-corrected chi connectivity index (χ1v) is 6.81. The zero-order valence-corrected chi connectivity index (χ0v) is 12.5. The summed E-state index contributed by atoms with van der Waals surface area (Å²) < 4.78 is 14.8. The van der Waals surface area contributed by atoms with Crippen molar-refractivity contribution in [3.63, 3.8) is 0 Å². The van der Waals surface area contributed by atoms with Gasteiger partial charge in [0.25, 0.3) is 0 Å². The molecule has 0 saturated carbocycles. The van der Waals surface area contributed by atoms with E-state index in [9.17, 15) is 4.79 Å². The Morgan fingerprint density at radius 2 is 1.85 bits per heavy atom. The van der Waals surface area contributed by atoms with E-state index in [4.69, 9.17) is 14.9 Å². The molecule has 0 heterocycles. The third-order valence-electron chi connectivity index (χ3n) is 2.45. The molecule has 1 amide bonds. The lowest BCUT2D eigenvalue weighted by molar-refractivity contribution is 0.183. The van der Waals surface area contributed by atoms with E-state index in [0.717, 1.165) is 0 Å². The topological polar surface area (TPSA) is 81.0 Å². The monoisotopic (exact) mass is 296 g/mol. The number of hydrogen-bond acceptors (Lipinski definition) is 6. The predicted molar refractivity (Wildman–Crippen MR) is 79.7 cm³/mol. The molecule has 6 nitrogen and oxygen atoms in total. The van der Waals surface area contributed by atoms with Gasteiger partial charge in [-0.3, -0.25) is 5.41 Å². The van der Waals surface area contributed by atoms with Crippen LogP contribution in [0.25, 0.3) is 0 Å². The summed E-state index contributed by atoms with van der Waals surface area (Å²) in [6, 6.07) is 5.05. The van der Waals surface area contributed by atoms with Gasteiger partial charge in [0.2, 0.25) is 0 Å². The van der Waals surface area contributed by atoms with Gasteiger partial charge in [-0.05, 0) is 24.5 Å². The summed E-state index contributed by atoms with van der Waals surface area (Å²) >= 11 is 1.19. The first kappa shape index (κ1) is 16.0. The average Bonchev–Trinajstić information content (AvgIpc) is 2.50. The summed E-state index contributed by atoms with van der Waals surface area (Å²) in [7, 11) is 4.29. The summed E-state index contributed by atoms with van der Waals surface area (Å²) in [6.07, 6.45) is 0.997. The molecule has 1 N–H and O–H groups in total. The molecule has 20 heavy (non-hydrogen) atoms. The molecule has 0 unspecified atom stereocenters. The molecule has 7 heteroatoms. The Morgan fingerprint density at radius 3 is 2.35 bits per heavy atom. The van der Waals surface area contributed by atoms with Crippen molar-refractivity contribution >= 4 is 28.6 Å². The van der Waals surface area contributed by atoms with Crippen LogP contribution in [0.4, 0.5) is 4.79 Å². The van der Waals surface area contributed by atoms with E-state index in [1.54, 1.807) is 24.5 Å². The highest BCUT2D eigenvalue weighted by atomic mass is 32.2. The van der Waals surface area contributed by atoms with E-state index < -0.39 is 6.09 Å². The summed E-state index contributed by atoms with van der Waals surface area (Å²) in [5, 5.41) is 8.37.